The first kappa shape index (κ1) is 112. The number of esters is 12. The van der Waals surface area contributed by atoms with Gasteiger partial charge < -0.3 is 162 Å². The molecule has 0 aromatic rings. The smallest absolute Gasteiger partial charge is 0.319 e. The fourth-order valence-corrected chi connectivity index (χ4v) is 8.23. The molecule has 0 fully saturated rings. The van der Waals surface area contributed by atoms with Crippen LogP contribution < -0.4 is 0 Å². The summed E-state index contributed by atoms with van der Waals surface area (Å²) in [7, 11) is 0. The summed E-state index contributed by atoms with van der Waals surface area (Å²) in [5.41, 5.74) is -25.1. The Bertz CT molecular complexity index is 3090. The zero-order valence-corrected chi connectivity index (χ0v) is 69.7. The van der Waals surface area contributed by atoms with Crippen LogP contribution in [0.4, 0.5) is 0 Å². The minimum absolute atomic E-state index is 0.337. The van der Waals surface area contributed by atoms with Crippen molar-refractivity contribution in [2.24, 2.45) is 70.4 Å². The van der Waals surface area contributed by atoms with E-state index in [-0.39, 0.29) is 13.2 Å². The molecule has 0 aromatic carbocycles. The van der Waals surface area contributed by atoms with E-state index in [1.807, 2.05) is 0 Å². The standard InChI is InChI=1S/C74H126O45/c1-62(21-75,22-76)50(91)111-38-69(8,34-88)57(98)113-37-68(7,33-87)56(97)108-19-16-105-46-74(48-107-49-119-59(100)71(10,36-90)40-114-58(99)70(9,35-89)39-112-51(92)63(2,23-77)24-78,47-106-17-20-110-61(102)73(12,43-117-54(95)66(5,29-83)30-84)44-118-55(96)67(6,31-85)32-86)45-104-14-13-103-15-18-109-60(101)72(11,41-115-52(93)64(3,25-79)26-80)42-116-53(94)65(4,27-81)28-82/h75-90H,13-49H2,1-12H3. The topological polar surface area (TPSA) is 685 Å². The van der Waals surface area contributed by atoms with Gasteiger partial charge in [-0.25, -0.2) is 0 Å². The molecule has 0 aliphatic rings. The highest BCUT2D eigenvalue weighted by Gasteiger charge is 2.49. The quantitative estimate of drug-likeness (QED) is 0.0116. The molecule has 5 atom stereocenters. The summed E-state index contributed by atoms with van der Waals surface area (Å²) in [6, 6.07) is 0. The predicted molar refractivity (Wildman–Crippen MR) is 394 cm³/mol. The molecule has 5 unspecified atom stereocenters. The summed E-state index contributed by atoms with van der Waals surface area (Å²) in [5.74, 6) is -14.4. The van der Waals surface area contributed by atoms with Crippen LogP contribution in [0.2, 0.25) is 0 Å². The zero-order chi connectivity index (χ0) is 91.6. The lowest BCUT2D eigenvalue weighted by molar-refractivity contribution is -0.188. The van der Waals surface area contributed by atoms with Gasteiger partial charge in [0.1, 0.15) is 138 Å². The largest absolute Gasteiger partial charge is 0.464 e. The van der Waals surface area contributed by atoms with E-state index < -0.39 is 373 Å². The van der Waals surface area contributed by atoms with E-state index in [2.05, 4.69) is 0 Å². The maximum Gasteiger partial charge on any atom is 0.319 e. The van der Waals surface area contributed by atoms with Gasteiger partial charge in [0.05, 0.1) is 171 Å². The minimum atomic E-state index is -2.11. The maximum absolute atomic E-state index is 14.0. The zero-order valence-electron chi connectivity index (χ0n) is 69.7. The number of rotatable bonds is 66. The van der Waals surface area contributed by atoms with Crippen LogP contribution in [0.25, 0.3) is 0 Å². The molecule has 0 rings (SSSR count). The second-order valence-corrected chi connectivity index (χ2v) is 32.4. The van der Waals surface area contributed by atoms with E-state index >= 15 is 0 Å². The first-order valence-electron chi connectivity index (χ1n) is 37.2. The van der Waals surface area contributed by atoms with Crippen molar-refractivity contribution in [2.45, 2.75) is 83.1 Å². The first-order chi connectivity index (χ1) is 55.5. The van der Waals surface area contributed by atoms with Crippen LogP contribution in [0.3, 0.4) is 0 Å². The van der Waals surface area contributed by atoms with E-state index in [1.165, 1.54) is 0 Å². The summed E-state index contributed by atoms with van der Waals surface area (Å²) < 4.78 is 93.1. The number of hydrogen-bond donors (Lipinski definition) is 16. The molecule has 692 valence electrons. The molecule has 45 heteroatoms. The van der Waals surface area contributed by atoms with Gasteiger partial charge >= 0.3 is 71.6 Å². The van der Waals surface area contributed by atoms with Crippen LogP contribution >= 0.6 is 0 Å². The molecule has 16 N–H and O–H groups in total. The van der Waals surface area contributed by atoms with Gasteiger partial charge in [0.25, 0.3) is 0 Å². The Labute approximate surface area is 687 Å². The Morgan fingerprint density at radius 3 is 0.513 bits per heavy atom. The van der Waals surface area contributed by atoms with Gasteiger partial charge in [0, 0.05) is 0 Å². The molecular weight excluding hydrogens is 1610 g/mol. The fraction of sp³-hybridized carbons (Fsp3) is 0.838. The highest BCUT2D eigenvalue weighted by atomic mass is 16.7. The van der Waals surface area contributed by atoms with Crippen molar-refractivity contribution in [3.05, 3.63) is 0 Å². The van der Waals surface area contributed by atoms with Crippen LogP contribution in [-0.2, 0) is 138 Å². The molecular formula is C74H126O45. The third-order valence-corrected chi connectivity index (χ3v) is 19.3. The van der Waals surface area contributed by atoms with Crippen molar-refractivity contribution in [1.82, 2.24) is 0 Å². The van der Waals surface area contributed by atoms with Crippen molar-refractivity contribution in [2.75, 3.05) is 245 Å². The summed E-state index contributed by atoms with van der Waals surface area (Å²) in [4.78, 5) is 159. The van der Waals surface area contributed by atoms with Crippen molar-refractivity contribution < 1.29 is 220 Å². The molecule has 0 radical (unpaired) electrons. The van der Waals surface area contributed by atoms with E-state index in [1.54, 1.807) is 0 Å². The average molecular weight is 1740 g/mol. The number of ether oxygens (including phenoxy) is 17. The van der Waals surface area contributed by atoms with Crippen LogP contribution in [-0.4, -0.2) is 398 Å². The van der Waals surface area contributed by atoms with Gasteiger partial charge in [0.2, 0.25) is 0 Å². The lowest BCUT2D eigenvalue weighted by Crippen LogP contribution is -2.46. The van der Waals surface area contributed by atoms with E-state index in [4.69, 9.17) is 80.5 Å². The molecule has 0 bridgehead atoms. The first-order valence-corrected chi connectivity index (χ1v) is 37.2. The van der Waals surface area contributed by atoms with Crippen LogP contribution in [0.1, 0.15) is 83.1 Å². The van der Waals surface area contributed by atoms with E-state index in [9.17, 15) is 139 Å². The third-order valence-electron chi connectivity index (χ3n) is 19.3. The van der Waals surface area contributed by atoms with Gasteiger partial charge in [-0.05, 0) is 83.1 Å². The van der Waals surface area contributed by atoms with Gasteiger partial charge in [-0.2, -0.15) is 0 Å². The Hall–Kier alpha value is -7.20. The van der Waals surface area contributed by atoms with E-state index in [0.29, 0.717) is 0 Å². The maximum atomic E-state index is 14.0. The molecule has 0 aliphatic heterocycles. The molecule has 0 heterocycles. The van der Waals surface area contributed by atoms with Gasteiger partial charge in [-0.15, -0.1) is 0 Å². The Morgan fingerprint density at radius 2 is 0.303 bits per heavy atom. The van der Waals surface area contributed by atoms with Gasteiger partial charge in [-0.1, -0.05) is 0 Å². The second-order valence-electron chi connectivity index (χ2n) is 32.4. The Morgan fingerprint density at radius 1 is 0.160 bits per heavy atom. The predicted octanol–water partition coefficient (Wildman–Crippen LogP) is -7.52. The van der Waals surface area contributed by atoms with Crippen molar-refractivity contribution in [3.8, 4) is 0 Å². The number of aliphatic hydroxyl groups is 16. The number of aliphatic hydroxyl groups excluding tert-OH is 16. The molecule has 0 aromatic heterocycles. The monoisotopic (exact) mass is 1730 g/mol. The molecule has 0 saturated carbocycles. The van der Waals surface area contributed by atoms with Crippen LogP contribution in [0.15, 0.2) is 0 Å². The summed E-state index contributed by atoms with van der Waals surface area (Å²) in [5, 5.41) is 158. The molecule has 0 spiro atoms. The SMILES string of the molecule is CC(CO)(CO)C(=O)OCC(C)(CO)C(=O)OCC(C)(CO)C(=O)OCCOCC(COCCOCCOC(=O)C(C)(COC(=O)C(C)(CO)CO)COC(=O)C(C)(CO)CO)(COCCOC(=O)C(C)(COC(=O)C(C)(CO)CO)COC(=O)C(C)(CO)CO)COCOC(=O)C(C)(CO)COC(=O)C(C)(CO)COC(=O)C(C)(CO)CO. The van der Waals surface area contributed by atoms with Crippen molar-refractivity contribution >= 4 is 71.6 Å². The summed E-state index contributed by atoms with van der Waals surface area (Å²) >= 11 is 0. The fourth-order valence-electron chi connectivity index (χ4n) is 8.23. The van der Waals surface area contributed by atoms with Crippen LogP contribution in [0, 0.1) is 70.4 Å². The number of hydrogen-bond acceptors (Lipinski definition) is 45. The Balaban J connectivity index is 7.61. The third kappa shape index (κ3) is 33.2. The molecule has 0 amide bonds. The van der Waals surface area contributed by atoms with Crippen molar-refractivity contribution in [1.29, 1.82) is 0 Å². The lowest BCUT2D eigenvalue weighted by Gasteiger charge is -2.33. The Kier molecular flexibility index (Phi) is 48.5. The molecule has 0 aliphatic carbocycles. The highest BCUT2D eigenvalue weighted by Crippen LogP contribution is 2.32. The summed E-state index contributed by atoms with van der Waals surface area (Å²) in [6.07, 6.45) is 0. The molecule has 0 saturated heterocycles. The molecule has 119 heavy (non-hydrogen) atoms. The van der Waals surface area contributed by atoms with E-state index in [0.717, 1.165) is 83.1 Å². The highest BCUT2D eigenvalue weighted by molar-refractivity contribution is 5.84. The van der Waals surface area contributed by atoms with Gasteiger partial charge in [-0.3, -0.25) is 57.5 Å². The lowest BCUT2D eigenvalue weighted by atomic mass is 9.90. The number of carbonyl (C=O) groups is 12. The minimum Gasteiger partial charge on any atom is -0.464 e. The second kappa shape index (κ2) is 51.7. The molecule has 45 nitrogen and oxygen atoms in total. The summed E-state index contributed by atoms with van der Waals surface area (Å²) in [6.45, 7) is -15.8. The van der Waals surface area contributed by atoms with Crippen LogP contribution in [0.5, 0.6) is 0 Å². The normalized spacial score (nSPS) is 15.0. The average Bonchev–Trinajstić information content (AvgIpc) is 0.836. The number of carbonyl (C=O) groups excluding carboxylic acids is 12. The van der Waals surface area contributed by atoms with Gasteiger partial charge in [0.15, 0.2) is 6.79 Å². The van der Waals surface area contributed by atoms with Crippen molar-refractivity contribution in [3.63, 3.8) is 0 Å².